The van der Waals surface area contributed by atoms with Crippen molar-refractivity contribution in [3.8, 4) is 0 Å². The van der Waals surface area contributed by atoms with E-state index in [9.17, 15) is 0 Å². The molecular weight excluding hydrogens is 188 g/mol. The largest absolute Gasteiger partial charge is 0.325 e. The van der Waals surface area contributed by atoms with Gasteiger partial charge in [-0.1, -0.05) is 19.1 Å². The van der Waals surface area contributed by atoms with Crippen LogP contribution in [0, 0.1) is 5.92 Å². The van der Waals surface area contributed by atoms with Crippen LogP contribution >= 0.6 is 0 Å². The highest BCUT2D eigenvalue weighted by atomic mass is 15.4. The van der Waals surface area contributed by atoms with Crippen LogP contribution in [0.3, 0.4) is 0 Å². The van der Waals surface area contributed by atoms with Crippen LogP contribution in [0.25, 0.3) is 0 Å². The van der Waals surface area contributed by atoms with Gasteiger partial charge in [0.2, 0.25) is 0 Å². The van der Waals surface area contributed by atoms with Crippen molar-refractivity contribution in [2.75, 3.05) is 0 Å². The molecule has 1 atom stereocenters. The van der Waals surface area contributed by atoms with E-state index in [4.69, 9.17) is 5.73 Å². The van der Waals surface area contributed by atoms with E-state index in [2.05, 4.69) is 35.8 Å². The third-order valence-corrected chi connectivity index (χ3v) is 3.23. The zero-order valence-electron chi connectivity index (χ0n) is 9.77. The first-order valence-corrected chi connectivity index (χ1v) is 5.79. The molecule has 4 nitrogen and oxygen atoms in total. The van der Waals surface area contributed by atoms with Gasteiger partial charge < -0.3 is 5.73 Å². The lowest BCUT2D eigenvalue weighted by atomic mass is 10.1. The molecule has 0 radical (unpaired) electrons. The predicted molar refractivity (Wildman–Crippen MR) is 59.4 cm³/mol. The van der Waals surface area contributed by atoms with Gasteiger partial charge in [-0.2, -0.15) is 0 Å². The molecule has 1 aromatic rings. The summed E-state index contributed by atoms with van der Waals surface area (Å²) < 4.78 is 2.09. The number of aromatic nitrogens is 3. The molecule has 84 valence electrons. The van der Waals surface area contributed by atoms with Crippen molar-refractivity contribution in [2.24, 2.45) is 11.7 Å². The van der Waals surface area contributed by atoms with E-state index >= 15 is 0 Å². The maximum atomic E-state index is 5.68. The molecule has 1 saturated carbocycles. The van der Waals surface area contributed by atoms with E-state index in [1.54, 1.807) is 0 Å². The first kappa shape index (κ1) is 10.6. The number of nitrogens with two attached hydrogens (primary N) is 1. The van der Waals surface area contributed by atoms with Gasteiger partial charge in [-0.3, -0.25) is 0 Å². The Morgan fingerprint density at radius 2 is 2.07 bits per heavy atom. The Kier molecular flexibility index (Phi) is 2.78. The summed E-state index contributed by atoms with van der Waals surface area (Å²) in [7, 11) is 0. The first-order chi connectivity index (χ1) is 7.15. The van der Waals surface area contributed by atoms with E-state index < -0.39 is 0 Å². The van der Waals surface area contributed by atoms with Crippen molar-refractivity contribution in [2.45, 2.75) is 52.1 Å². The van der Waals surface area contributed by atoms with Gasteiger partial charge in [-0.15, -0.1) is 5.10 Å². The van der Waals surface area contributed by atoms with Crippen molar-refractivity contribution in [3.63, 3.8) is 0 Å². The molecule has 4 heteroatoms. The topological polar surface area (TPSA) is 56.7 Å². The van der Waals surface area contributed by atoms with Gasteiger partial charge in [0.05, 0.1) is 17.4 Å². The summed E-state index contributed by atoms with van der Waals surface area (Å²) >= 11 is 0. The number of hydrogen-bond donors (Lipinski definition) is 1. The second-order valence-corrected chi connectivity index (χ2v) is 4.80. The molecule has 1 aromatic heterocycles. The molecule has 15 heavy (non-hydrogen) atoms. The van der Waals surface area contributed by atoms with Gasteiger partial charge >= 0.3 is 0 Å². The highest BCUT2D eigenvalue weighted by molar-refractivity contribution is 5.15. The SMILES string of the molecule is CC(C)c1c(CN)nnn1C(C)C1CC1. The van der Waals surface area contributed by atoms with Crippen molar-refractivity contribution in [1.29, 1.82) is 0 Å². The van der Waals surface area contributed by atoms with Gasteiger partial charge in [0, 0.05) is 6.54 Å². The third kappa shape index (κ3) is 1.91. The minimum atomic E-state index is 0.444. The summed E-state index contributed by atoms with van der Waals surface area (Å²) in [6, 6.07) is 0.482. The molecule has 0 aliphatic heterocycles. The average molecular weight is 208 g/mol. The monoisotopic (exact) mass is 208 g/mol. The fraction of sp³-hybridized carbons (Fsp3) is 0.818. The molecular formula is C11H20N4. The lowest BCUT2D eigenvalue weighted by Crippen LogP contribution is -2.14. The summed E-state index contributed by atoms with van der Waals surface area (Å²) in [6.45, 7) is 7.07. The van der Waals surface area contributed by atoms with Crippen molar-refractivity contribution in [1.82, 2.24) is 15.0 Å². The summed E-state index contributed by atoms with van der Waals surface area (Å²) in [5.74, 6) is 1.24. The summed E-state index contributed by atoms with van der Waals surface area (Å²) in [6.07, 6.45) is 2.66. The van der Waals surface area contributed by atoms with Gasteiger partial charge in [0.25, 0.3) is 0 Å². The fourth-order valence-corrected chi connectivity index (χ4v) is 2.16. The lowest BCUT2D eigenvalue weighted by molar-refractivity contribution is 0.409. The number of rotatable bonds is 4. The predicted octanol–water partition coefficient (Wildman–Crippen LogP) is 1.83. The summed E-state index contributed by atoms with van der Waals surface area (Å²) in [5, 5.41) is 8.43. The molecule has 1 fully saturated rings. The van der Waals surface area contributed by atoms with Gasteiger partial charge in [0.1, 0.15) is 0 Å². The minimum absolute atomic E-state index is 0.444. The van der Waals surface area contributed by atoms with E-state index in [-0.39, 0.29) is 0 Å². The van der Waals surface area contributed by atoms with Crippen LogP contribution in [0.2, 0.25) is 0 Å². The average Bonchev–Trinajstić information content (AvgIpc) is 2.95. The maximum absolute atomic E-state index is 5.68. The molecule has 2 N–H and O–H groups in total. The third-order valence-electron chi connectivity index (χ3n) is 3.23. The van der Waals surface area contributed by atoms with Gasteiger partial charge in [-0.05, 0) is 31.6 Å². The van der Waals surface area contributed by atoms with Crippen molar-refractivity contribution < 1.29 is 0 Å². The standard InChI is InChI=1S/C11H20N4/c1-7(2)11-10(6-12)13-14-15(11)8(3)9-4-5-9/h7-9H,4-6,12H2,1-3H3. The smallest absolute Gasteiger partial charge is 0.0997 e. The van der Waals surface area contributed by atoms with E-state index in [0.717, 1.165) is 11.6 Å². The Hall–Kier alpha value is -0.900. The van der Waals surface area contributed by atoms with Crippen LogP contribution in [0.5, 0.6) is 0 Å². The molecule has 1 unspecified atom stereocenters. The first-order valence-electron chi connectivity index (χ1n) is 5.79. The van der Waals surface area contributed by atoms with E-state index in [1.165, 1.54) is 18.5 Å². The molecule has 1 aliphatic carbocycles. The molecule has 1 heterocycles. The number of hydrogen-bond acceptors (Lipinski definition) is 3. The Balaban J connectivity index is 2.32. The molecule has 0 bridgehead atoms. The number of nitrogens with zero attached hydrogens (tertiary/aromatic N) is 3. The van der Waals surface area contributed by atoms with Gasteiger partial charge in [-0.25, -0.2) is 4.68 Å². The van der Waals surface area contributed by atoms with Crippen molar-refractivity contribution in [3.05, 3.63) is 11.4 Å². The second-order valence-electron chi connectivity index (χ2n) is 4.80. The van der Waals surface area contributed by atoms with Crippen LogP contribution in [-0.2, 0) is 6.54 Å². The summed E-state index contributed by atoms with van der Waals surface area (Å²) in [4.78, 5) is 0. The quantitative estimate of drug-likeness (QED) is 0.821. The summed E-state index contributed by atoms with van der Waals surface area (Å²) in [5.41, 5.74) is 7.85. The second kappa shape index (κ2) is 3.93. The molecule has 0 saturated heterocycles. The van der Waals surface area contributed by atoms with Crippen LogP contribution in [0.1, 0.15) is 57.0 Å². The zero-order valence-corrected chi connectivity index (χ0v) is 9.77. The lowest BCUT2D eigenvalue weighted by Gasteiger charge is -2.16. The maximum Gasteiger partial charge on any atom is 0.0997 e. The highest BCUT2D eigenvalue weighted by Gasteiger charge is 2.32. The minimum Gasteiger partial charge on any atom is -0.325 e. The molecule has 2 rings (SSSR count). The Labute approximate surface area is 90.8 Å². The molecule has 1 aliphatic rings. The van der Waals surface area contributed by atoms with Gasteiger partial charge in [0.15, 0.2) is 0 Å². The zero-order chi connectivity index (χ0) is 11.0. The van der Waals surface area contributed by atoms with Crippen LogP contribution in [0.15, 0.2) is 0 Å². The normalized spacial score (nSPS) is 18.5. The Morgan fingerprint density at radius 3 is 2.53 bits per heavy atom. The molecule has 0 aromatic carbocycles. The molecule has 0 amide bonds. The highest BCUT2D eigenvalue weighted by Crippen LogP contribution is 2.40. The van der Waals surface area contributed by atoms with E-state index in [1.807, 2.05) is 0 Å². The molecule has 0 spiro atoms. The van der Waals surface area contributed by atoms with Crippen LogP contribution < -0.4 is 5.73 Å². The van der Waals surface area contributed by atoms with Crippen LogP contribution in [-0.4, -0.2) is 15.0 Å². The van der Waals surface area contributed by atoms with Crippen LogP contribution in [0.4, 0.5) is 0 Å². The fourth-order valence-electron chi connectivity index (χ4n) is 2.16. The van der Waals surface area contributed by atoms with E-state index in [0.29, 0.717) is 18.5 Å². The Bertz CT molecular complexity index is 338. The Morgan fingerprint density at radius 1 is 1.40 bits per heavy atom. The van der Waals surface area contributed by atoms with Crippen molar-refractivity contribution >= 4 is 0 Å².